The molecule has 0 unspecified atom stereocenters. The summed E-state index contributed by atoms with van der Waals surface area (Å²) in [6.45, 7) is 4.39. The predicted octanol–water partition coefficient (Wildman–Crippen LogP) is 2.03. The molecular formula is C16H19N3O3. The lowest BCUT2D eigenvalue weighted by molar-refractivity contribution is 0.183. The molecule has 0 saturated carbocycles. The van der Waals surface area contributed by atoms with Crippen molar-refractivity contribution >= 4 is 6.03 Å². The van der Waals surface area contributed by atoms with Crippen molar-refractivity contribution in [1.82, 2.24) is 15.2 Å². The second-order valence-corrected chi connectivity index (χ2v) is 4.63. The summed E-state index contributed by atoms with van der Waals surface area (Å²) in [4.78, 5) is 17.8. The summed E-state index contributed by atoms with van der Waals surface area (Å²) in [5, 5.41) is 11.7. The van der Waals surface area contributed by atoms with E-state index < -0.39 is 0 Å². The number of benzene rings is 1. The van der Waals surface area contributed by atoms with Gasteiger partial charge in [0, 0.05) is 18.7 Å². The fraction of sp³-hybridized carbons (Fsp3) is 0.250. The summed E-state index contributed by atoms with van der Waals surface area (Å²) in [5.41, 5.74) is 1.52. The van der Waals surface area contributed by atoms with Crippen LogP contribution in [0, 0.1) is 0 Å². The highest BCUT2D eigenvalue weighted by Gasteiger charge is 2.12. The van der Waals surface area contributed by atoms with Crippen LogP contribution < -0.4 is 5.32 Å². The molecule has 1 heterocycles. The Hall–Kier alpha value is -2.60. The van der Waals surface area contributed by atoms with E-state index in [4.69, 9.17) is 9.52 Å². The van der Waals surface area contributed by atoms with Gasteiger partial charge < -0.3 is 19.7 Å². The van der Waals surface area contributed by atoms with Crippen LogP contribution in [0.1, 0.15) is 5.69 Å². The third-order valence-corrected chi connectivity index (χ3v) is 3.00. The Bertz CT molecular complexity index is 610. The number of hydrogen-bond donors (Lipinski definition) is 2. The Morgan fingerprint density at radius 3 is 2.86 bits per heavy atom. The van der Waals surface area contributed by atoms with Crippen molar-refractivity contribution in [3.63, 3.8) is 0 Å². The number of aliphatic hydroxyl groups is 1. The summed E-state index contributed by atoms with van der Waals surface area (Å²) in [6.07, 6.45) is 3.13. The van der Waals surface area contributed by atoms with E-state index >= 15 is 0 Å². The first-order chi connectivity index (χ1) is 10.7. The SMILES string of the molecule is C=CCN(CCO)C(=O)NCc1coc(-c2ccccc2)n1. The average Bonchev–Trinajstić information content (AvgIpc) is 3.02. The zero-order valence-corrected chi connectivity index (χ0v) is 12.2. The molecule has 6 nitrogen and oxygen atoms in total. The molecular weight excluding hydrogens is 282 g/mol. The number of oxazole rings is 1. The second kappa shape index (κ2) is 7.99. The third kappa shape index (κ3) is 4.20. The molecule has 0 aliphatic carbocycles. The summed E-state index contributed by atoms with van der Waals surface area (Å²) in [7, 11) is 0. The van der Waals surface area contributed by atoms with Crippen LogP contribution in [-0.4, -0.2) is 40.7 Å². The molecule has 0 atom stereocenters. The molecule has 2 amide bonds. The number of aromatic nitrogens is 1. The van der Waals surface area contributed by atoms with Crippen LogP contribution in [0.4, 0.5) is 4.79 Å². The number of urea groups is 1. The minimum Gasteiger partial charge on any atom is -0.444 e. The Labute approximate surface area is 129 Å². The van der Waals surface area contributed by atoms with Crippen LogP contribution in [0.2, 0.25) is 0 Å². The number of carbonyl (C=O) groups is 1. The van der Waals surface area contributed by atoms with Crippen LogP contribution in [-0.2, 0) is 6.54 Å². The largest absolute Gasteiger partial charge is 0.444 e. The average molecular weight is 301 g/mol. The van der Waals surface area contributed by atoms with Crippen LogP contribution in [0.5, 0.6) is 0 Å². The van der Waals surface area contributed by atoms with E-state index in [1.807, 2.05) is 30.3 Å². The van der Waals surface area contributed by atoms with Crippen molar-refractivity contribution in [1.29, 1.82) is 0 Å². The first-order valence-corrected chi connectivity index (χ1v) is 6.99. The molecule has 22 heavy (non-hydrogen) atoms. The van der Waals surface area contributed by atoms with Gasteiger partial charge in [-0.15, -0.1) is 6.58 Å². The summed E-state index contributed by atoms with van der Waals surface area (Å²) >= 11 is 0. The van der Waals surface area contributed by atoms with E-state index in [0.717, 1.165) is 5.56 Å². The fourth-order valence-electron chi connectivity index (χ4n) is 1.93. The van der Waals surface area contributed by atoms with Gasteiger partial charge in [0.15, 0.2) is 0 Å². The number of nitrogens with zero attached hydrogens (tertiary/aromatic N) is 2. The standard InChI is InChI=1S/C16H19N3O3/c1-2-8-19(9-10-20)16(21)17-11-14-12-22-15(18-14)13-6-4-3-5-7-13/h2-7,12,20H,1,8-11H2,(H,17,21). The van der Waals surface area contributed by atoms with Crippen molar-refractivity contribution in [2.75, 3.05) is 19.7 Å². The maximum absolute atomic E-state index is 12.0. The van der Waals surface area contributed by atoms with Gasteiger partial charge in [0.05, 0.1) is 18.8 Å². The Kier molecular flexibility index (Phi) is 5.73. The molecule has 2 rings (SSSR count). The Morgan fingerprint density at radius 2 is 2.18 bits per heavy atom. The quantitative estimate of drug-likeness (QED) is 0.767. The summed E-state index contributed by atoms with van der Waals surface area (Å²) in [6, 6.07) is 9.26. The number of rotatable bonds is 7. The normalized spacial score (nSPS) is 10.2. The molecule has 1 aromatic carbocycles. The van der Waals surface area contributed by atoms with Gasteiger partial charge in [-0.3, -0.25) is 0 Å². The van der Waals surface area contributed by atoms with E-state index in [0.29, 0.717) is 18.1 Å². The van der Waals surface area contributed by atoms with E-state index in [9.17, 15) is 4.79 Å². The molecule has 0 bridgehead atoms. The fourth-order valence-corrected chi connectivity index (χ4v) is 1.93. The maximum atomic E-state index is 12.0. The van der Waals surface area contributed by atoms with E-state index in [1.165, 1.54) is 11.2 Å². The van der Waals surface area contributed by atoms with Crippen LogP contribution in [0.25, 0.3) is 11.5 Å². The van der Waals surface area contributed by atoms with Crippen LogP contribution >= 0.6 is 0 Å². The van der Waals surface area contributed by atoms with Crippen molar-refractivity contribution in [3.8, 4) is 11.5 Å². The molecule has 1 aromatic heterocycles. The van der Waals surface area contributed by atoms with E-state index in [2.05, 4.69) is 16.9 Å². The minimum absolute atomic E-state index is 0.0939. The first-order valence-electron chi connectivity index (χ1n) is 6.99. The number of aliphatic hydroxyl groups excluding tert-OH is 1. The number of hydrogen-bond acceptors (Lipinski definition) is 4. The predicted molar refractivity (Wildman–Crippen MR) is 83.0 cm³/mol. The Balaban J connectivity index is 1.93. The molecule has 0 spiro atoms. The Morgan fingerprint density at radius 1 is 1.41 bits per heavy atom. The lowest BCUT2D eigenvalue weighted by atomic mass is 10.2. The van der Waals surface area contributed by atoms with Gasteiger partial charge in [0.2, 0.25) is 5.89 Å². The van der Waals surface area contributed by atoms with E-state index in [1.54, 1.807) is 6.08 Å². The van der Waals surface area contributed by atoms with Gasteiger partial charge in [-0.25, -0.2) is 9.78 Å². The molecule has 0 saturated heterocycles. The molecule has 0 radical (unpaired) electrons. The summed E-state index contributed by atoms with van der Waals surface area (Å²) in [5.74, 6) is 0.517. The number of amides is 2. The lowest BCUT2D eigenvalue weighted by Crippen LogP contribution is -2.41. The maximum Gasteiger partial charge on any atom is 0.318 e. The molecule has 6 heteroatoms. The first kappa shape index (κ1) is 15.8. The number of nitrogens with one attached hydrogen (secondary N) is 1. The van der Waals surface area contributed by atoms with Gasteiger partial charge in [-0.2, -0.15) is 0 Å². The molecule has 2 aromatic rings. The molecule has 2 N–H and O–H groups in total. The molecule has 0 aliphatic rings. The minimum atomic E-state index is -0.279. The van der Waals surface area contributed by atoms with Crippen LogP contribution in [0.15, 0.2) is 53.7 Å². The smallest absolute Gasteiger partial charge is 0.318 e. The van der Waals surface area contributed by atoms with Crippen LogP contribution in [0.3, 0.4) is 0 Å². The van der Waals surface area contributed by atoms with E-state index in [-0.39, 0.29) is 25.7 Å². The monoisotopic (exact) mass is 301 g/mol. The van der Waals surface area contributed by atoms with Gasteiger partial charge in [0.1, 0.15) is 6.26 Å². The van der Waals surface area contributed by atoms with Crippen molar-refractivity contribution in [2.24, 2.45) is 0 Å². The molecule has 116 valence electrons. The zero-order valence-electron chi connectivity index (χ0n) is 12.2. The lowest BCUT2D eigenvalue weighted by Gasteiger charge is -2.19. The second-order valence-electron chi connectivity index (χ2n) is 4.63. The molecule has 0 aliphatic heterocycles. The highest BCUT2D eigenvalue weighted by Crippen LogP contribution is 2.17. The summed E-state index contributed by atoms with van der Waals surface area (Å²) < 4.78 is 5.41. The third-order valence-electron chi connectivity index (χ3n) is 3.00. The van der Waals surface area contributed by atoms with Gasteiger partial charge in [0.25, 0.3) is 0 Å². The highest BCUT2D eigenvalue weighted by molar-refractivity contribution is 5.74. The van der Waals surface area contributed by atoms with Gasteiger partial charge >= 0.3 is 6.03 Å². The highest BCUT2D eigenvalue weighted by atomic mass is 16.3. The number of carbonyl (C=O) groups excluding carboxylic acids is 1. The van der Waals surface area contributed by atoms with Crippen molar-refractivity contribution in [2.45, 2.75) is 6.54 Å². The van der Waals surface area contributed by atoms with Gasteiger partial charge in [-0.05, 0) is 12.1 Å². The van der Waals surface area contributed by atoms with Crippen molar-refractivity contribution in [3.05, 3.63) is 54.9 Å². The van der Waals surface area contributed by atoms with Gasteiger partial charge in [-0.1, -0.05) is 24.3 Å². The zero-order chi connectivity index (χ0) is 15.8. The molecule has 0 fully saturated rings. The van der Waals surface area contributed by atoms with Crippen molar-refractivity contribution < 1.29 is 14.3 Å². The topological polar surface area (TPSA) is 78.6 Å².